The van der Waals surface area contributed by atoms with Crippen LogP contribution in [0.5, 0.6) is 11.5 Å². The first-order valence-corrected chi connectivity index (χ1v) is 5.00. The number of benzene rings is 1. The minimum Gasteiger partial charge on any atom is -0.454 e. The molecule has 2 rings (SSSR count). The van der Waals surface area contributed by atoms with Crippen molar-refractivity contribution in [1.29, 1.82) is 0 Å². The summed E-state index contributed by atoms with van der Waals surface area (Å²) in [5.74, 6) is 1.46. The van der Waals surface area contributed by atoms with Crippen LogP contribution >= 0.6 is 0 Å². The summed E-state index contributed by atoms with van der Waals surface area (Å²) in [6, 6.07) is 5.52. The van der Waals surface area contributed by atoms with Gasteiger partial charge in [0.1, 0.15) is 0 Å². The molecule has 15 heavy (non-hydrogen) atoms. The summed E-state index contributed by atoms with van der Waals surface area (Å²) in [6.45, 7) is 2.20. The lowest BCUT2D eigenvalue weighted by molar-refractivity contribution is 0.172. The zero-order valence-electron chi connectivity index (χ0n) is 8.64. The fraction of sp³-hybridized carbons (Fsp3) is 0.333. The van der Waals surface area contributed by atoms with E-state index in [0.29, 0.717) is 12.2 Å². The highest BCUT2D eigenvalue weighted by Gasteiger charge is 2.15. The van der Waals surface area contributed by atoms with Gasteiger partial charge in [0, 0.05) is 0 Å². The Hall–Kier alpha value is -1.48. The molecule has 1 heterocycles. The number of aliphatic hydroxyl groups excluding tert-OH is 1. The second kappa shape index (κ2) is 4.36. The third-order valence-electron chi connectivity index (χ3n) is 2.38. The van der Waals surface area contributed by atoms with Crippen LogP contribution in [0.1, 0.15) is 25.0 Å². The molecule has 0 saturated heterocycles. The third kappa shape index (κ3) is 2.13. The largest absolute Gasteiger partial charge is 0.454 e. The predicted octanol–water partition coefficient (Wildman–Crippen LogP) is 2.41. The molecule has 1 N–H and O–H groups in total. The van der Waals surface area contributed by atoms with E-state index in [4.69, 9.17) is 9.47 Å². The zero-order valence-corrected chi connectivity index (χ0v) is 8.64. The van der Waals surface area contributed by atoms with Crippen LogP contribution in [-0.4, -0.2) is 11.9 Å². The minimum absolute atomic E-state index is 0.268. The summed E-state index contributed by atoms with van der Waals surface area (Å²) in [5.41, 5.74) is 0.859. The van der Waals surface area contributed by atoms with E-state index < -0.39 is 6.10 Å². The molecule has 80 valence electrons. The Bertz CT molecular complexity index is 371. The molecular weight excluding hydrogens is 192 g/mol. The molecule has 1 atom stereocenters. The highest BCUT2D eigenvalue weighted by atomic mass is 16.7. The number of rotatable bonds is 3. The van der Waals surface area contributed by atoms with Crippen LogP contribution in [0.3, 0.4) is 0 Å². The lowest BCUT2D eigenvalue weighted by atomic mass is 10.1. The Balaban J connectivity index is 2.15. The van der Waals surface area contributed by atoms with Crippen molar-refractivity contribution in [3.8, 4) is 11.5 Å². The molecule has 1 unspecified atom stereocenters. The summed E-state index contributed by atoms with van der Waals surface area (Å²) >= 11 is 0. The molecule has 3 nitrogen and oxygen atoms in total. The molecule has 1 aliphatic rings. The SMILES string of the molecule is C/C=C/CC(O)c1ccc2c(c1)OCO2. The Morgan fingerprint density at radius 3 is 3.00 bits per heavy atom. The molecule has 0 spiro atoms. The van der Waals surface area contributed by atoms with Crippen molar-refractivity contribution in [2.75, 3.05) is 6.79 Å². The van der Waals surface area contributed by atoms with Crippen LogP contribution in [0.4, 0.5) is 0 Å². The summed E-state index contributed by atoms with van der Waals surface area (Å²) < 4.78 is 10.4. The van der Waals surface area contributed by atoms with Gasteiger partial charge in [-0.15, -0.1) is 0 Å². The van der Waals surface area contributed by atoms with Crippen molar-refractivity contribution in [1.82, 2.24) is 0 Å². The number of hydrogen-bond donors (Lipinski definition) is 1. The molecule has 0 saturated carbocycles. The van der Waals surface area contributed by atoms with E-state index in [9.17, 15) is 5.11 Å². The summed E-state index contributed by atoms with van der Waals surface area (Å²) in [6.07, 6.45) is 4.01. The van der Waals surface area contributed by atoms with Crippen molar-refractivity contribution in [2.45, 2.75) is 19.4 Å². The van der Waals surface area contributed by atoms with E-state index in [1.807, 2.05) is 37.3 Å². The average Bonchev–Trinajstić information content (AvgIpc) is 2.72. The van der Waals surface area contributed by atoms with Gasteiger partial charge in [0.25, 0.3) is 0 Å². The third-order valence-corrected chi connectivity index (χ3v) is 2.38. The average molecular weight is 206 g/mol. The standard InChI is InChI=1S/C12H14O3/c1-2-3-4-10(13)9-5-6-11-12(7-9)15-8-14-11/h2-3,5-7,10,13H,4,8H2,1H3/b3-2+. The molecule has 1 aromatic carbocycles. The maximum atomic E-state index is 9.84. The van der Waals surface area contributed by atoms with Gasteiger partial charge in [0.05, 0.1) is 6.10 Å². The van der Waals surface area contributed by atoms with Crippen LogP contribution in [0.2, 0.25) is 0 Å². The number of aliphatic hydroxyl groups is 1. The summed E-state index contributed by atoms with van der Waals surface area (Å²) in [4.78, 5) is 0. The van der Waals surface area contributed by atoms with Crippen LogP contribution in [0.25, 0.3) is 0 Å². The number of ether oxygens (including phenoxy) is 2. The molecule has 0 aromatic heterocycles. The van der Waals surface area contributed by atoms with Gasteiger partial charge in [0.2, 0.25) is 6.79 Å². The first-order valence-electron chi connectivity index (χ1n) is 5.00. The molecule has 0 aliphatic carbocycles. The van der Waals surface area contributed by atoms with Gasteiger partial charge in [-0.05, 0) is 31.0 Å². The number of allylic oxidation sites excluding steroid dienone is 1. The molecule has 0 bridgehead atoms. The summed E-state index contributed by atoms with van der Waals surface area (Å²) in [5, 5.41) is 9.84. The van der Waals surface area contributed by atoms with E-state index >= 15 is 0 Å². The first kappa shape index (κ1) is 10.1. The lowest BCUT2D eigenvalue weighted by Gasteiger charge is -2.08. The van der Waals surface area contributed by atoms with Gasteiger partial charge in [-0.3, -0.25) is 0 Å². The van der Waals surface area contributed by atoms with Crippen LogP contribution in [0, 0.1) is 0 Å². The molecule has 0 amide bonds. The molecule has 1 aliphatic heterocycles. The zero-order chi connectivity index (χ0) is 10.7. The second-order valence-corrected chi connectivity index (χ2v) is 3.43. The maximum Gasteiger partial charge on any atom is 0.231 e. The summed E-state index contributed by atoms with van der Waals surface area (Å²) in [7, 11) is 0. The molecule has 0 fully saturated rings. The van der Waals surface area contributed by atoms with Gasteiger partial charge in [0.15, 0.2) is 11.5 Å². The van der Waals surface area contributed by atoms with Crippen LogP contribution < -0.4 is 9.47 Å². The van der Waals surface area contributed by atoms with E-state index in [1.54, 1.807) is 0 Å². The van der Waals surface area contributed by atoms with Gasteiger partial charge < -0.3 is 14.6 Å². The van der Waals surface area contributed by atoms with Crippen LogP contribution in [-0.2, 0) is 0 Å². The lowest BCUT2D eigenvalue weighted by Crippen LogP contribution is -1.95. The quantitative estimate of drug-likeness (QED) is 0.772. The smallest absolute Gasteiger partial charge is 0.231 e. The van der Waals surface area contributed by atoms with E-state index in [1.165, 1.54) is 0 Å². The fourth-order valence-corrected chi connectivity index (χ4v) is 1.52. The van der Waals surface area contributed by atoms with Gasteiger partial charge in [-0.1, -0.05) is 18.2 Å². The van der Waals surface area contributed by atoms with Crippen molar-refractivity contribution < 1.29 is 14.6 Å². The van der Waals surface area contributed by atoms with E-state index in [-0.39, 0.29) is 6.79 Å². The fourth-order valence-electron chi connectivity index (χ4n) is 1.52. The highest BCUT2D eigenvalue weighted by molar-refractivity contribution is 5.45. The Kier molecular flexibility index (Phi) is 2.92. The highest BCUT2D eigenvalue weighted by Crippen LogP contribution is 2.34. The van der Waals surface area contributed by atoms with Crippen molar-refractivity contribution in [3.63, 3.8) is 0 Å². The van der Waals surface area contributed by atoms with Gasteiger partial charge in [-0.2, -0.15) is 0 Å². The molecular formula is C12H14O3. The Morgan fingerprint density at radius 1 is 1.40 bits per heavy atom. The van der Waals surface area contributed by atoms with E-state index in [2.05, 4.69) is 0 Å². The van der Waals surface area contributed by atoms with E-state index in [0.717, 1.165) is 11.3 Å². The monoisotopic (exact) mass is 206 g/mol. The Morgan fingerprint density at radius 2 is 2.20 bits per heavy atom. The second-order valence-electron chi connectivity index (χ2n) is 3.43. The van der Waals surface area contributed by atoms with Crippen molar-refractivity contribution >= 4 is 0 Å². The first-order chi connectivity index (χ1) is 7.31. The Labute approximate surface area is 88.9 Å². The molecule has 1 aromatic rings. The molecule has 0 radical (unpaired) electrons. The van der Waals surface area contributed by atoms with Crippen molar-refractivity contribution in [3.05, 3.63) is 35.9 Å². The minimum atomic E-state index is -0.476. The van der Waals surface area contributed by atoms with Crippen LogP contribution in [0.15, 0.2) is 30.4 Å². The normalized spacial score (nSPS) is 15.9. The number of hydrogen-bond acceptors (Lipinski definition) is 3. The van der Waals surface area contributed by atoms with Gasteiger partial charge >= 0.3 is 0 Å². The molecule has 3 heteroatoms. The van der Waals surface area contributed by atoms with Gasteiger partial charge in [-0.25, -0.2) is 0 Å². The maximum absolute atomic E-state index is 9.84. The predicted molar refractivity (Wildman–Crippen MR) is 57.0 cm³/mol. The number of fused-ring (bicyclic) bond motifs is 1. The van der Waals surface area contributed by atoms with Crippen molar-refractivity contribution in [2.24, 2.45) is 0 Å². The topological polar surface area (TPSA) is 38.7 Å².